The third-order valence-electron chi connectivity index (χ3n) is 3.25. The molecule has 0 saturated carbocycles. The van der Waals surface area contributed by atoms with Gasteiger partial charge >= 0.3 is 5.97 Å². The number of nitro benzene ring substituents is 1. The van der Waals surface area contributed by atoms with Crippen LogP contribution >= 0.6 is 23.2 Å². The Kier molecular flexibility index (Phi) is 8.41. The molecule has 1 rings (SSSR count). The molecule has 0 aliphatic heterocycles. The van der Waals surface area contributed by atoms with Gasteiger partial charge in [0, 0.05) is 23.9 Å². The van der Waals surface area contributed by atoms with Crippen molar-refractivity contribution in [3.05, 3.63) is 33.6 Å². The van der Waals surface area contributed by atoms with Crippen molar-refractivity contribution in [3.63, 3.8) is 0 Å². The van der Waals surface area contributed by atoms with Gasteiger partial charge in [0.05, 0.1) is 16.4 Å². The summed E-state index contributed by atoms with van der Waals surface area (Å²) in [6.45, 7) is 0. The van der Waals surface area contributed by atoms with E-state index in [0.29, 0.717) is 12.1 Å². The lowest BCUT2D eigenvalue weighted by molar-refractivity contribution is -0.384. The zero-order chi connectivity index (χ0) is 21.7. The van der Waals surface area contributed by atoms with Gasteiger partial charge in [-0.1, -0.05) is 0 Å². The van der Waals surface area contributed by atoms with E-state index in [1.807, 2.05) is 0 Å². The monoisotopic (exact) mass is 480 g/mol. The molecule has 0 amide bonds. The highest BCUT2D eigenvalue weighted by molar-refractivity contribution is 8.10. The minimum Gasteiger partial charge on any atom is -0.478 e. The number of nitro groups is 1. The van der Waals surface area contributed by atoms with Crippen LogP contribution in [0.15, 0.2) is 12.1 Å². The van der Waals surface area contributed by atoms with E-state index >= 15 is 0 Å². The highest BCUT2D eigenvalue weighted by Gasteiger charge is 2.38. The lowest BCUT2D eigenvalue weighted by atomic mass is 10.1. The fourth-order valence-corrected chi connectivity index (χ4v) is 6.73. The zero-order valence-corrected chi connectivity index (χ0v) is 17.2. The van der Waals surface area contributed by atoms with E-state index in [1.54, 1.807) is 0 Å². The molecule has 0 radical (unpaired) electrons. The predicted octanol–water partition coefficient (Wildman–Crippen LogP) is 2.16. The molecule has 0 heterocycles. The van der Waals surface area contributed by atoms with Crippen LogP contribution in [0.1, 0.15) is 23.2 Å². The quantitative estimate of drug-likeness (QED) is 0.287. The summed E-state index contributed by atoms with van der Waals surface area (Å²) in [6.07, 6.45) is -0.401. The molecule has 0 aliphatic carbocycles. The summed E-state index contributed by atoms with van der Waals surface area (Å²) in [5.74, 6) is -5.65. The first-order valence-electron chi connectivity index (χ1n) is 7.48. The van der Waals surface area contributed by atoms with Gasteiger partial charge in [0.1, 0.15) is 11.3 Å². The number of benzene rings is 1. The average Bonchev–Trinajstić information content (AvgIpc) is 2.59. The zero-order valence-electron chi connectivity index (χ0n) is 14.0. The molecule has 0 aliphatic rings. The van der Waals surface area contributed by atoms with Crippen molar-refractivity contribution in [1.29, 1.82) is 0 Å². The van der Waals surface area contributed by atoms with Crippen molar-refractivity contribution in [2.75, 3.05) is 27.0 Å². The van der Waals surface area contributed by atoms with Crippen molar-refractivity contribution in [1.82, 2.24) is 0 Å². The molecule has 0 saturated heterocycles. The van der Waals surface area contributed by atoms with Crippen LogP contribution < -0.4 is 3.71 Å². The molecule has 0 fully saturated rings. The number of hydrogen-bond donors (Lipinski definition) is 1. The number of non-ortho nitro benzene ring substituents is 1. The van der Waals surface area contributed by atoms with Crippen LogP contribution in [-0.4, -0.2) is 56.1 Å². The van der Waals surface area contributed by atoms with Gasteiger partial charge in [0.15, 0.2) is 5.82 Å². The van der Waals surface area contributed by atoms with Gasteiger partial charge in [-0.15, -0.1) is 23.2 Å². The maximum absolute atomic E-state index is 14.7. The van der Waals surface area contributed by atoms with Gasteiger partial charge in [-0.2, -0.15) is 3.71 Å². The number of sulfonamides is 2. The molecule has 10 nitrogen and oxygen atoms in total. The van der Waals surface area contributed by atoms with Gasteiger partial charge in [0.2, 0.25) is 20.0 Å². The van der Waals surface area contributed by atoms with E-state index in [2.05, 4.69) is 0 Å². The van der Waals surface area contributed by atoms with Crippen molar-refractivity contribution in [2.24, 2.45) is 0 Å². The van der Waals surface area contributed by atoms with Crippen LogP contribution in [0.5, 0.6) is 0 Å². The average molecular weight is 481 g/mol. The van der Waals surface area contributed by atoms with E-state index < -0.39 is 65.2 Å². The Hall–Kier alpha value is -1.70. The van der Waals surface area contributed by atoms with E-state index in [4.69, 9.17) is 28.3 Å². The first-order valence-corrected chi connectivity index (χ1v) is 11.8. The fourth-order valence-electron chi connectivity index (χ4n) is 2.10. The maximum atomic E-state index is 14.7. The van der Waals surface area contributed by atoms with Crippen molar-refractivity contribution in [2.45, 2.75) is 12.8 Å². The Labute approximate surface area is 170 Å². The van der Waals surface area contributed by atoms with Crippen LogP contribution in [-0.2, 0) is 20.0 Å². The summed E-state index contributed by atoms with van der Waals surface area (Å²) >= 11 is 10.9. The van der Waals surface area contributed by atoms with Crippen LogP contribution in [0.2, 0.25) is 0 Å². The van der Waals surface area contributed by atoms with E-state index in [1.165, 1.54) is 0 Å². The second-order valence-corrected chi connectivity index (χ2v) is 10.2. The molecule has 15 heteroatoms. The van der Waals surface area contributed by atoms with E-state index in [0.717, 1.165) is 0 Å². The van der Waals surface area contributed by atoms with Gasteiger partial charge in [-0.05, 0) is 12.8 Å². The topological polar surface area (TPSA) is 152 Å². The molecule has 1 aromatic carbocycles. The summed E-state index contributed by atoms with van der Waals surface area (Å²) in [6, 6.07) is 0.703. The lowest BCUT2D eigenvalue weighted by Crippen LogP contribution is -2.41. The Morgan fingerprint density at radius 1 is 1.11 bits per heavy atom. The highest BCUT2D eigenvalue weighted by atomic mass is 35.5. The Morgan fingerprint density at radius 2 is 1.57 bits per heavy atom. The summed E-state index contributed by atoms with van der Waals surface area (Å²) in [4.78, 5) is 21.1. The number of carbonyl (C=O) groups is 1. The van der Waals surface area contributed by atoms with Crippen LogP contribution in [0.25, 0.3) is 0 Å². The van der Waals surface area contributed by atoms with Crippen molar-refractivity contribution < 1.29 is 36.1 Å². The molecule has 1 aromatic rings. The van der Waals surface area contributed by atoms with Crippen molar-refractivity contribution >= 4 is 60.6 Å². The molecular weight excluding hydrogens is 466 g/mol. The third-order valence-corrected chi connectivity index (χ3v) is 8.16. The number of carboxylic acids is 1. The number of aromatic carboxylic acids is 1. The smallest absolute Gasteiger partial charge is 0.339 e. The molecule has 0 unspecified atom stereocenters. The molecule has 1 N–H and O–H groups in total. The van der Waals surface area contributed by atoms with Crippen molar-refractivity contribution in [3.8, 4) is 0 Å². The van der Waals surface area contributed by atoms with Crippen LogP contribution in [0.4, 0.5) is 15.8 Å². The molecule has 0 aromatic heterocycles. The number of hydrogen-bond acceptors (Lipinski definition) is 7. The summed E-state index contributed by atoms with van der Waals surface area (Å²) in [5.41, 5.74) is -3.54. The van der Waals surface area contributed by atoms with Crippen LogP contribution in [0.3, 0.4) is 0 Å². The maximum Gasteiger partial charge on any atom is 0.339 e. The fraction of sp³-hybridized carbons (Fsp3) is 0.462. The number of anilines is 1. The lowest BCUT2D eigenvalue weighted by Gasteiger charge is -2.24. The molecular formula is C13H15Cl2FN2O8S2. The second-order valence-electron chi connectivity index (χ2n) is 5.30. The van der Waals surface area contributed by atoms with Gasteiger partial charge < -0.3 is 5.11 Å². The number of nitrogens with zero attached hydrogens (tertiary/aromatic N) is 2. The standard InChI is InChI=1S/C13H15Cl2FN2O8S2/c14-3-1-5-27(23,24)18(28(25,26)6-2-4-15)11-8-9(17(21)22)7-10(12(11)16)13(19)20/h7-8H,1-6H2,(H,19,20). The minimum absolute atomic E-state index is 0.160. The third kappa shape index (κ3) is 5.65. The van der Waals surface area contributed by atoms with Gasteiger partial charge in [-0.3, -0.25) is 10.1 Å². The minimum atomic E-state index is -4.77. The highest BCUT2D eigenvalue weighted by Crippen LogP contribution is 2.33. The SMILES string of the molecule is O=C(O)c1cc([N+](=O)[O-])cc(N(S(=O)(=O)CCCCl)S(=O)(=O)CCCCl)c1F. The van der Waals surface area contributed by atoms with E-state index in [9.17, 15) is 36.1 Å². The normalized spacial score (nSPS) is 12.0. The second kappa shape index (κ2) is 9.67. The first-order chi connectivity index (χ1) is 12.9. The van der Waals surface area contributed by atoms with Gasteiger partial charge in [0.25, 0.3) is 5.69 Å². The summed E-state index contributed by atoms with van der Waals surface area (Å²) in [7, 11) is -9.54. The van der Waals surface area contributed by atoms with E-state index in [-0.39, 0.29) is 28.3 Å². The first kappa shape index (κ1) is 24.3. The molecule has 28 heavy (non-hydrogen) atoms. The number of halogens is 3. The molecule has 0 bridgehead atoms. The summed E-state index contributed by atoms with van der Waals surface area (Å²) in [5, 5.41) is 20.1. The Balaban J connectivity index is 3.84. The predicted molar refractivity (Wildman–Crippen MR) is 101 cm³/mol. The molecule has 0 spiro atoms. The molecule has 158 valence electrons. The largest absolute Gasteiger partial charge is 0.478 e. The Bertz CT molecular complexity index is 931. The number of alkyl halides is 2. The van der Waals surface area contributed by atoms with Gasteiger partial charge in [-0.25, -0.2) is 26.0 Å². The molecule has 0 atom stereocenters. The summed E-state index contributed by atoms with van der Waals surface area (Å²) < 4.78 is 64.7. The number of rotatable bonds is 11. The Morgan fingerprint density at radius 3 is 1.93 bits per heavy atom. The number of carboxylic acid groups (broad SMARTS) is 1. The van der Waals surface area contributed by atoms with Crippen LogP contribution in [0, 0.1) is 15.9 Å².